The van der Waals surface area contributed by atoms with Gasteiger partial charge in [0, 0.05) is 23.3 Å². The largest absolute Gasteiger partial charge is 0.493 e. The van der Waals surface area contributed by atoms with E-state index in [0.29, 0.717) is 16.7 Å². The summed E-state index contributed by atoms with van der Waals surface area (Å²) >= 11 is 5.99. The Kier molecular flexibility index (Phi) is 5.76. The molecule has 164 valence electrons. The van der Waals surface area contributed by atoms with E-state index in [-0.39, 0.29) is 44.9 Å². The number of nitro benzene ring substituents is 1. The van der Waals surface area contributed by atoms with Crippen LogP contribution in [0.15, 0.2) is 66.2 Å². The highest BCUT2D eigenvalue weighted by atomic mass is 35.5. The minimum absolute atomic E-state index is 0.0284. The predicted octanol–water partition coefficient (Wildman–Crippen LogP) is 4.94. The van der Waals surface area contributed by atoms with E-state index in [1.807, 2.05) is 0 Å². The van der Waals surface area contributed by atoms with Gasteiger partial charge in [-0.1, -0.05) is 41.9 Å². The molecule has 33 heavy (non-hydrogen) atoms. The van der Waals surface area contributed by atoms with Gasteiger partial charge in [0.15, 0.2) is 23.1 Å². The van der Waals surface area contributed by atoms with Crippen molar-refractivity contribution >= 4 is 40.9 Å². The Morgan fingerprint density at radius 1 is 0.970 bits per heavy atom. The molecule has 0 aliphatic heterocycles. The second-order valence-electron chi connectivity index (χ2n) is 6.98. The van der Waals surface area contributed by atoms with E-state index in [1.54, 1.807) is 30.3 Å². The Morgan fingerprint density at radius 3 is 2.21 bits per heavy atom. The zero-order valence-electron chi connectivity index (χ0n) is 17.0. The fourth-order valence-corrected chi connectivity index (χ4v) is 3.62. The molecule has 0 unspecified atom stereocenters. The second-order valence-corrected chi connectivity index (χ2v) is 7.39. The number of carbonyl (C=O) groups excluding carboxylic acids is 3. The number of nitrogens with zero attached hydrogens (tertiary/aromatic N) is 1. The zero-order chi connectivity index (χ0) is 23.7. The summed E-state index contributed by atoms with van der Waals surface area (Å²) in [6.07, 6.45) is 1.45. The molecule has 1 aliphatic carbocycles. The monoisotopic (exact) mass is 463 g/mol. The maximum Gasteiger partial charge on any atom is 0.345 e. The number of methoxy groups -OCH3 is 1. The third-order valence-electron chi connectivity index (χ3n) is 4.99. The average molecular weight is 464 g/mol. The van der Waals surface area contributed by atoms with Crippen LogP contribution in [0.1, 0.15) is 36.6 Å². The van der Waals surface area contributed by atoms with Gasteiger partial charge in [-0.3, -0.25) is 19.7 Å². The number of hydrogen-bond acceptors (Lipinski definition) is 7. The number of benzene rings is 3. The van der Waals surface area contributed by atoms with Crippen LogP contribution in [0.5, 0.6) is 11.5 Å². The average Bonchev–Trinajstić information content (AvgIpc) is 3.04. The van der Waals surface area contributed by atoms with E-state index in [9.17, 15) is 24.5 Å². The van der Waals surface area contributed by atoms with Crippen LogP contribution in [0.3, 0.4) is 0 Å². The summed E-state index contributed by atoms with van der Waals surface area (Å²) in [4.78, 5) is 47.9. The molecule has 0 fully saturated rings. The lowest BCUT2D eigenvalue weighted by atomic mass is 10.1. The van der Waals surface area contributed by atoms with E-state index in [1.165, 1.54) is 31.4 Å². The van der Waals surface area contributed by atoms with E-state index in [2.05, 4.69) is 0 Å². The van der Waals surface area contributed by atoms with Gasteiger partial charge in [-0.15, -0.1) is 0 Å². The molecule has 0 saturated carbocycles. The van der Waals surface area contributed by atoms with Crippen LogP contribution in [0.4, 0.5) is 5.69 Å². The SMILES string of the molecule is COc1cc(C=C2C(=O)c3ccccc3C2=O)ccc1OC(=O)c1ccc([N+](=O)[O-])cc1Cl. The third kappa shape index (κ3) is 4.11. The smallest absolute Gasteiger partial charge is 0.345 e. The molecule has 0 atom stereocenters. The number of non-ortho nitro benzene ring substituents is 1. The maximum atomic E-state index is 12.6. The lowest BCUT2D eigenvalue weighted by molar-refractivity contribution is -0.384. The summed E-state index contributed by atoms with van der Waals surface area (Å²) in [6, 6.07) is 14.5. The van der Waals surface area contributed by atoms with Crippen molar-refractivity contribution in [3.63, 3.8) is 0 Å². The van der Waals surface area contributed by atoms with Crippen LogP contribution < -0.4 is 9.47 Å². The number of fused-ring (bicyclic) bond motifs is 1. The van der Waals surface area contributed by atoms with Gasteiger partial charge in [0.2, 0.25) is 0 Å². The van der Waals surface area contributed by atoms with E-state index in [0.717, 1.165) is 12.1 Å². The fraction of sp³-hybridized carbons (Fsp3) is 0.0417. The van der Waals surface area contributed by atoms with Crippen molar-refractivity contribution in [2.24, 2.45) is 0 Å². The van der Waals surface area contributed by atoms with Gasteiger partial charge in [0.25, 0.3) is 5.69 Å². The van der Waals surface area contributed by atoms with Crippen LogP contribution >= 0.6 is 11.6 Å². The number of ether oxygens (including phenoxy) is 2. The van der Waals surface area contributed by atoms with Gasteiger partial charge >= 0.3 is 5.97 Å². The number of carbonyl (C=O) groups is 3. The number of allylic oxidation sites excluding steroid dienone is 1. The molecule has 0 heterocycles. The number of halogens is 1. The Hall–Kier alpha value is -4.30. The summed E-state index contributed by atoms with van der Waals surface area (Å²) in [5.41, 5.74) is 0.905. The number of Topliss-reactive ketones (excluding diaryl/α,β-unsaturated/α-hetero) is 2. The van der Waals surface area contributed by atoms with Crippen molar-refractivity contribution in [1.82, 2.24) is 0 Å². The quantitative estimate of drug-likeness (QED) is 0.131. The van der Waals surface area contributed by atoms with Gasteiger partial charge in [-0.25, -0.2) is 4.79 Å². The predicted molar refractivity (Wildman–Crippen MR) is 119 cm³/mol. The molecule has 3 aromatic rings. The van der Waals surface area contributed by atoms with Crippen LogP contribution in [0, 0.1) is 10.1 Å². The lowest BCUT2D eigenvalue weighted by Crippen LogP contribution is -2.10. The highest BCUT2D eigenvalue weighted by Gasteiger charge is 2.32. The summed E-state index contributed by atoms with van der Waals surface area (Å²) in [7, 11) is 1.37. The first kappa shape index (κ1) is 21.9. The van der Waals surface area contributed by atoms with Gasteiger partial charge in [0.1, 0.15) is 0 Å². The zero-order valence-corrected chi connectivity index (χ0v) is 17.8. The van der Waals surface area contributed by atoms with Gasteiger partial charge in [-0.2, -0.15) is 0 Å². The molecule has 0 N–H and O–H groups in total. The van der Waals surface area contributed by atoms with Gasteiger partial charge < -0.3 is 9.47 Å². The van der Waals surface area contributed by atoms with E-state index in [4.69, 9.17) is 21.1 Å². The highest BCUT2D eigenvalue weighted by Crippen LogP contribution is 2.33. The summed E-state index contributed by atoms with van der Waals surface area (Å²) in [6.45, 7) is 0. The minimum Gasteiger partial charge on any atom is -0.493 e. The van der Waals surface area contributed by atoms with Gasteiger partial charge in [0.05, 0.1) is 28.2 Å². The second kappa shape index (κ2) is 8.68. The molecule has 0 aromatic heterocycles. The molecule has 0 spiro atoms. The fourth-order valence-electron chi connectivity index (χ4n) is 3.37. The maximum absolute atomic E-state index is 12.6. The van der Waals surface area contributed by atoms with Crippen molar-refractivity contribution in [3.05, 3.63) is 104 Å². The first-order chi connectivity index (χ1) is 15.8. The molecule has 0 amide bonds. The summed E-state index contributed by atoms with van der Waals surface area (Å²) in [5, 5.41) is 10.7. The van der Waals surface area contributed by atoms with Crippen molar-refractivity contribution in [3.8, 4) is 11.5 Å². The number of esters is 1. The first-order valence-corrected chi connectivity index (χ1v) is 9.92. The summed E-state index contributed by atoms with van der Waals surface area (Å²) < 4.78 is 10.6. The molecule has 0 saturated heterocycles. The Bertz CT molecular complexity index is 1340. The van der Waals surface area contributed by atoms with Crippen molar-refractivity contribution < 1.29 is 28.8 Å². The van der Waals surface area contributed by atoms with E-state index >= 15 is 0 Å². The van der Waals surface area contributed by atoms with Crippen LogP contribution in [0.25, 0.3) is 6.08 Å². The standard InChI is InChI=1S/C24H14ClNO7/c1-32-21-11-13(10-18-22(27)15-4-2-3-5-16(15)23(18)28)6-9-20(21)33-24(29)17-8-7-14(26(30)31)12-19(17)25/h2-12H,1H3. The molecule has 8 nitrogen and oxygen atoms in total. The van der Waals surface area contributed by atoms with Crippen molar-refractivity contribution in [1.29, 1.82) is 0 Å². The lowest BCUT2D eigenvalue weighted by Gasteiger charge is -2.11. The molecule has 1 aliphatic rings. The molecular formula is C24H14ClNO7. The molecule has 0 bridgehead atoms. The number of rotatable bonds is 5. The van der Waals surface area contributed by atoms with Crippen LogP contribution in [-0.2, 0) is 0 Å². The number of ketones is 2. The number of nitro groups is 1. The third-order valence-corrected chi connectivity index (χ3v) is 5.30. The van der Waals surface area contributed by atoms with Gasteiger partial charge in [-0.05, 0) is 29.8 Å². The normalized spacial score (nSPS) is 12.4. The van der Waals surface area contributed by atoms with E-state index < -0.39 is 10.9 Å². The van der Waals surface area contributed by atoms with Crippen molar-refractivity contribution in [2.45, 2.75) is 0 Å². The van der Waals surface area contributed by atoms with Crippen LogP contribution in [0.2, 0.25) is 5.02 Å². The Morgan fingerprint density at radius 2 is 1.64 bits per heavy atom. The molecule has 9 heteroatoms. The minimum atomic E-state index is -0.837. The summed E-state index contributed by atoms with van der Waals surface area (Å²) in [5.74, 6) is -1.33. The number of hydrogen-bond donors (Lipinski definition) is 0. The Balaban J connectivity index is 1.60. The Labute approximate surface area is 192 Å². The molecular weight excluding hydrogens is 450 g/mol. The molecule has 3 aromatic carbocycles. The molecule has 4 rings (SSSR count). The molecule has 0 radical (unpaired) electrons. The highest BCUT2D eigenvalue weighted by molar-refractivity contribution is 6.41. The topological polar surface area (TPSA) is 113 Å². The first-order valence-electron chi connectivity index (χ1n) is 9.54. The van der Waals surface area contributed by atoms with Crippen LogP contribution in [-0.4, -0.2) is 29.6 Å². The van der Waals surface area contributed by atoms with Crippen molar-refractivity contribution in [2.75, 3.05) is 7.11 Å².